The normalized spacial score (nSPS) is 14.6. The lowest BCUT2D eigenvalue weighted by molar-refractivity contribution is -0.00790. The van der Waals surface area contributed by atoms with Gasteiger partial charge in [-0.15, -0.1) is 0 Å². The summed E-state index contributed by atoms with van der Waals surface area (Å²) < 4.78 is 39.3. The molecule has 4 rings (SSSR count). The quantitative estimate of drug-likeness (QED) is 0.624. The van der Waals surface area contributed by atoms with Crippen molar-refractivity contribution >= 4 is 15.9 Å². The number of nitrogens with one attached hydrogen (secondary N) is 1. The van der Waals surface area contributed by atoms with Gasteiger partial charge in [-0.2, -0.15) is 0 Å². The molecule has 0 spiro atoms. The van der Waals surface area contributed by atoms with E-state index in [1.54, 1.807) is 19.9 Å². The third-order valence-corrected chi connectivity index (χ3v) is 6.81. The summed E-state index contributed by atoms with van der Waals surface area (Å²) >= 11 is 0. The Labute approximate surface area is 181 Å². The molecule has 0 aliphatic carbocycles. The molecule has 0 saturated carbocycles. The van der Waals surface area contributed by atoms with E-state index in [1.807, 2.05) is 26.8 Å². The van der Waals surface area contributed by atoms with Crippen LogP contribution >= 0.6 is 0 Å². The summed E-state index contributed by atoms with van der Waals surface area (Å²) in [5, 5.41) is 3.79. The van der Waals surface area contributed by atoms with E-state index in [1.165, 1.54) is 12.3 Å². The number of aromatic nitrogens is 2. The first-order chi connectivity index (χ1) is 14.6. The van der Waals surface area contributed by atoms with E-state index >= 15 is 0 Å². The van der Waals surface area contributed by atoms with Crippen molar-refractivity contribution in [3.63, 3.8) is 0 Å². The number of nitrogens with zero attached hydrogens (tertiary/aromatic N) is 2. The van der Waals surface area contributed by atoms with Gasteiger partial charge >= 0.3 is 0 Å². The summed E-state index contributed by atoms with van der Waals surface area (Å²) in [4.78, 5) is 4.17. The molecule has 160 valence electrons. The van der Waals surface area contributed by atoms with Gasteiger partial charge in [-0.25, -0.2) is 18.1 Å². The van der Waals surface area contributed by atoms with E-state index in [0.29, 0.717) is 17.9 Å². The zero-order valence-corrected chi connectivity index (χ0v) is 18.8. The van der Waals surface area contributed by atoms with E-state index in [9.17, 15) is 8.42 Å². The van der Waals surface area contributed by atoms with Crippen molar-refractivity contribution in [2.45, 2.75) is 51.7 Å². The first-order valence-corrected chi connectivity index (χ1v) is 11.3. The van der Waals surface area contributed by atoms with Crippen LogP contribution < -0.4 is 4.72 Å². The van der Waals surface area contributed by atoms with Gasteiger partial charge in [0.05, 0.1) is 17.9 Å². The number of benzene rings is 1. The van der Waals surface area contributed by atoms with Gasteiger partial charge in [0, 0.05) is 17.3 Å². The largest absolute Gasteiger partial charge is 0.366 e. The molecule has 0 fully saturated rings. The van der Waals surface area contributed by atoms with Gasteiger partial charge in [-0.05, 0) is 75.4 Å². The fourth-order valence-corrected chi connectivity index (χ4v) is 4.59. The third kappa shape index (κ3) is 3.94. The Kier molecular flexibility index (Phi) is 5.12. The van der Waals surface area contributed by atoms with Gasteiger partial charge < -0.3 is 9.26 Å². The molecule has 0 bridgehead atoms. The van der Waals surface area contributed by atoms with Gasteiger partial charge in [-0.1, -0.05) is 17.1 Å². The van der Waals surface area contributed by atoms with Crippen LogP contribution in [0.25, 0.3) is 0 Å². The van der Waals surface area contributed by atoms with E-state index in [2.05, 4.69) is 32.8 Å². The lowest BCUT2D eigenvalue weighted by Crippen LogP contribution is -2.15. The predicted octanol–water partition coefficient (Wildman–Crippen LogP) is 3.96. The average Bonchev–Trinajstić information content (AvgIpc) is 3.18. The number of rotatable bonds is 3. The number of sulfonamides is 1. The Morgan fingerprint density at radius 1 is 1.16 bits per heavy atom. The first-order valence-electron chi connectivity index (χ1n) is 9.79. The maximum absolute atomic E-state index is 13.0. The van der Waals surface area contributed by atoms with Crippen LogP contribution in [0.3, 0.4) is 0 Å². The van der Waals surface area contributed by atoms with Crippen molar-refractivity contribution in [2.75, 3.05) is 4.72 Å². The number of hydrogen-bond donors (Lipinski definition) is 1. The summed E-state index contributed by atoms with van der Waals surface area (Å²) in [7, 11) is -3.96. The molecule has 7 nitrogen and oxygen atoms in total. The molecular weight excluding hydrogens is 414 g/mol. The van der Waals surface area contributed by atoms with Gasteiger partial charge in [0.25, 0.3) is 10.0 Å². The van der Waals surface area contributed by atoms with Crippen LogP contribution in [0.5, 0.6) is 0 Å². The summed E-state index contributed by atoms with van der Waals surface area (Å²) in [6, 6.07) is 7.10. The monoisotopic (exact) mass is 437 g/mol. The molecule has 8 heteroatoms. The van der Waals surface area contributed by atoms with Gasteiger partial charge in [0.2, 0.25) is 5.88 Å². The Morgan fingerprint density at radius 3 is 2.65 bits per heavy atom. The van der Waals surface area contributed by atoms with Crippen LogP contribution in [0.15, 0.2) is 39.9 Å². The molecule has 0 amide bonds. The summed E-state index contributed by atoms with van der Waals surface area (Å²) in [5.74, 6) is 6.11. The number of hydrogen-bond acceptors (Lipinski definition) is 6. The molecule has 0 unspecified atom stereocenters. The smallest absolute Gasteiger partial charge is 0.267 e. The topological polar surface area (TPSA) is 94.3 Å². The van der Waals surface area contributed by atoms with E-state index in [4.69, 9.17) is 9.26 Å². The predicted molar refractivity (Wildman–Crippen MR) is 116 cm³/mol. The molecule has 0 radical (unpaired) electrons. The van der Waals surface area contributed by atoms with Crippen molar-refractivity contribution in [1.82, 2.24) is 10.1 Å². The van der Waals surface area contributed by atoms with Crippen LogP contribution in [0.4, 0.5) is 5.88 Å². The Bertz CT molecular complexity index is 1340. The van der Waals surface area contributed by atoms with E-state index < -0.39 is 10.0 Å². The number of fused-ring (bicyclic) bond motifs is 1. The molecule has 0 atom stereocenters. The minimum Gasteiger partial charge on any atom is -0.366 e. The second-order valence-corrected chi connectivity index (χ2v) is 9.70. The molecule has 1 aromatic carbocycles. The summed E-state index contributed by atoms with van der Waals surface area (Å²) in [5.41, 5.74) is 5.06. The fraction of sp³-hybridized carbons (Fsp3) is 0.304. The maximum Gasteiger partial charge on any atom is 0.267 e. The lowest BCUT2D eigenvalue weighted by atomic mass is 9.92. The Morgan fingerprint density at radius 2 is 1.94 bits per heavy atom. The lowest BCUT2D eigenvalue weighted by Gasteiger charge is -2.18. The highest BCUT2D eigenvalue weighted by Crippen LogP contribution is 2.37. The van der Waals surface area contributed by atoms with Crippen molar-refractivity contribution in [3.05, 3.63) is 69.7 Å². The van der Waals surface area contributed by atoms with Crippen LogP contribution in [-0.2, 0) is 27.0 Å². The Balaban J connectivity index is 1.72. The standard InChI is InChI=1S/C23H23N3O4S/c1-14-11-18-13-29-23(4,5)19(18)12-17(14)8-9-20-21(7-6-10-24-20)31(27,28)26-22-15(2)16(3)25-30-22/h6-7,10-12,26H,13H2,1-5H3. The molecule has 1 N–H and O–H groups in total. The minimum absolute atomic E-state index is 0.0292. The highest BCUT2D eigenvalue weighted by molar-refractivity contribution is 7.92. The highest BCUT2D eigenvalue weighted by atomic mass is 32.2. The van der Waals surface area contributed by atoms with Crippen LogP contribution in [0, 0.1) is 32.6 Å². The van der Waals surface area contributed by atoms with Gasteiger partial charge in [0.15, 0.2) is 0 Å². The molecular formula is C23H23N3O4S. The zero-order chi connectivity index (χ0) is 22.4. The second kappa shape index (κ2) is 7.52. The van der Waals surface area contributed by atoms with Crippen LogP contribution in [0.2, 0.25) is 0 Å². The average molecular weight is 438 g/mol. The van der Waals surface area contributed by atoms with Crippen LogP contribution in [-0.4, -0.2) is 18.6 Å². The summed E-state index contributed by atoms with van der Waals surface area (Å²) in [6.07, 6.45) is 1.51. The van der Waals surface area contributed by atoms with E-state index in [-0.39, 0.29) is 22.1 Å². The number of anilines is 1. The van der Waals surface area contributed by atoms with Crippen molar-refractivity contribution < 1.29 is 17.7 Å². The third-order valence-electron chi connectivity index (χ3n) is 5.45. The fourth-order valence-electron chi connectivity index (χ4n) is 3.43. The minimum atomic E-state index is -3.96. The van der Waals surface area contributed by atoms with Crippen molar-refractivity contribution in [3.8, 4) is 11.8 Å². The van der Waals surface area contributed by atoms with Gasteiger partial charge in [-0.3, -0.25) is 0 Å². The first kappa shape index (κ1) is 21.1. The van der Waals surface area contributed by atoms with Crippen LogP contribution in [0.1, 0.15) is 53.1 Å². The molecule has 1 aliphatic rings. The second-order valence-electron chi connectivity index (χ2n) is 8.05. The molecule has 0 saturated heterocycles. The number of ether oxygens (including phenoxy) is 1. The van der Waals surface area contributed by atoms with Crippen molar-refractivity contribution in [2.24, 2.45) is 0 Å². The molecule has 2 aromatic heterocycles. The maximum atomic E-state index is 13.0. The van der Waals surface area contributed by atoms with Gasteiger partial charge in [0.1, 0.15) is 10.6 Å². The molecule has 3 aromatic rings. The highest BCUT2D eigenvalue weighted by Gasteiger charge is 2.31. The number of pyridine rings is 1. The number of aryl methyl sites for hydroxylation is 2. The SMILES string of the molecule is Cc1cc2c(cc1C#Cc1ncccc1S(=O)(=O)Nc1onc(C)c1C)C(C)(C)OC2. The molecule has 1 aliphatic heterocycles. The zero-order valence-electron chi connectivity index (χ0n) is 18.0. The molecule has 31 heavy (non-hydrogen) atoms. The summed E-state index contributed by atoms with van der Waals surface area (Å²) in [6.45, 7) is 10.1. The Hall–Kier alpha value is -3.15. The van der Waals surface area contributed by atoms with E-state index in [0.717, 1.165) is 22.3 Å². The molecule has 3 heterocycles. The van der Waals surface area contributed by atoms with Crippen molar-refractivity contribution in [1.29, 1.82) is 0 Å².